The molecule has 268 valence electrons. The Bertz CT molecular complexity index is 1050. The fourth-order valence-electron chi connectivity index (χ4n) is 6.28. The Hall–Kier alpha value is -2.68. The van der Waals surface area contributed by atoms with E-state index in [1.165, 1.54) is 96.8 Å². The molecule has 0 aliphatic carbocycles. The molecule has 2 heterocycles. The van der Waals surface area contributed by atoms with E-state index in [-0.39, 0.29) is 25.7 Å². The number of hydrogen-bond acceptors (Lipinski definition) is 6. The van der Waals surface area contributed by atoms with E-state index in [4.69, 9.17) is 14.2 Å². The predicted molar refractivity (Wildman–Crippen MR) is 186 cm³/mol. The highest BCUT2D eigenvalue weighted by atomic mass is 16.6. The molecule has 1 saturated heterocycles. The number of ether oxygens (including phenoxy) is 3. The van der Waals surface area contributed by atoms with Gasteiger partial charge in [-0.05, 0) is 40.0 Å². The van der Waals surface area contributed by atoms with Gasteiger partial charge in [-0.2, -0.15) is 0 Å². The molecule has 0 spiro atoms. The number of aromatic nitrogens is 1. The zero-order valence-electron chi connectivity index (χ0n) is 30.4. The van der Waals surface area contributed by atoms with Crippen molar-refractivity contribution in [3.8, 4) is 0 Å². The Kier molecular flexibility index (Phi) is 19.7. The van der Waals surface area contributed by atoms with Crippen LogP contribution in [0, 0.1) is 0 Å². The number of alkyl carbamates (subject to hydrolysis) is 1. The molecule has 1 aromatic rings. The van der Waals surface area contributed by atoms with Gasteiger partial charge >= 0.3 is 12.2 Å². The van der Waals surface area contributed by atoms with Gasteiger partial charge in [0.1, 0.15) is 37.5 Å². The van der Waals surface area contributed by atoms with Crippen LogP contribution in [0.4, 0.5) is 9.59 Å². The minimum Gasteiger partial charge on any atom is -0.447 e. The average molecular weight is 661 g/mol. The normalized spacial score (nSPS) is 19.0. The van der Waals surface area contributed by atoms with Crippen LogP contribution < -0.4 is 9.88 Å². The van der Waals surface area contributed by atoms with Crippen LogP contribution >= 0.6 is 0 Å². The Morgan fingerprint density at radius 2 is 1.30 bits per heavy atom. The molecule has 9 nitrogen and oxygen atoms in total. The molecule has 1 aliphatic heterocycles. The molecule has 1 fully saturated rings. The topological polar surface area (TPSA) is 98.0 Å². The van der Waals surface area contributed by atoms with E-state index in [0.29, 0.717) is 19.4 Å². The van der Waals surface area contributed by atoms with Crippen LogP contribution in [0.25, 0.3) is 0 Å². The minimum absolute atomic E-state index is 0.000772. The number of carbonyl (C=O) groups is 3. The van der Waals surface area contributed by atoms with Gasteiger partial charge < -0.3 is 19.5 Å². The Morgan fingerprint density at radius 3 is 1.81 bits per heavy atom. The van der Waals surface area contributed by atoms with Crippen molar-refractivity contribution in [2.75, 3.05) is 19.8 Å². The number of unbranched alkanes of at least 4 members (excludes halogenated alkanes) is 15. The number of aryl methyl sites for hydroxylation is 1. The number of carbonyl (C=O) groups excluding carboxylic acids is 3. The molecule has 9 heteroatoms. The van der Waals surface area contributed by atoms with Crippen molar-refractivity contribution in [1.82, 2.24) is 10.2 Å². The predicted octanol–water partition coefficient (Wildman–Crippen LogP) is 8.79. The second-order valence-corrected chi connectivity index (χ2v) is 13.9. The molecule has 0 bridgehead atoms. The van der Waals surface area contributed by atoms with Crippen LogP contribution in [0.15, 0.2) is 24.4 Å². The summed E-state index contributed by atoms with van der Waals surface area (Å²) in [5.74, 6) is -0.386. The average Bonchev–Trinajstić information content (AvgIpc) is 3.37. The van der Waals surface area contributed by atoms with Gasteiger partial charge in [-0.25, -0.2) is 19.1 Å². The maximum atomic E-state index is 12.9. The van der Waals surface area contributed by atoms with Gasteiger partial charge in [0, 0.05) is 25.6 Å². The molecule has 47 heavy (non-hydrogen) atoms. The molecular weight excluding hydrogens is 594 g/mol. The third-order valence-electron chi connectivity index (χ3n) is 9.28. The van der Waals surface area contributed by atoms with Crippen molar-refractivity contribution in [3.63, 3.8) is 0 Å². The van der Waals surface area contributed by atoms with Crippen LogP contribution in [-0.2, 0) is 32.1 Å². The lowest BCUT2D eigenvalue weighted by Crippen LogP contribution is -2.44. The standard InChI is InChI=1S/C38H65N3O6/c1-6-8-9-10-11-12-13-14-15-16-17-18-19-20-21-23-28-39-35(43)45-31-37(4)26-27-38(5,47-37)32-46-36(44)41(33(3)42)30-34-25-22-24-29-40(34)7-2/h22,24-25,29H,6-21,23,26-28,30-32H2,1-5H3/p+1. The summed E-state index contributed by atoms with van der Waals surface area (Å²) in [6.07, 6.45) is 23.2. The van der Waals surface area contributed by atoms with Crippen molar-refractivity contribution >= 4 is 18.1 Å². The fraction of sp³-hybridized carbons (Fsp3) is 0.789. The highest BCUT2D eigenvalue weighted by Gasteiger charge is 2.45. The number of imide groups is 1. The summed E-state index contributed by atoms with van der Waals surface area (Å²) in [5.41, 5.74) is -0.580. The lowest BCUT2D eigenvalue weighted by molar-refractivity contribution is -0.701. The summed E-state index contributed by atoms with van der Waals surface area (Å²) in [7, 11) is 0. The molecule has 3 amide bonds. The Balaban J connectivity index is 1.53. The van der Waals surface area contributed by atoms with E-state index in [1.807, 2.05) is 49.7 Å². The number of rotatable bonds is 24. The van der Waals surface area contributed by atoms with Gasteiger partial charge in [0.2, 0.25) is 11.6 Å². The van der Waals surface area contributed by atoms with Crippen LogP contribution in [0.1, 0.15) is 156 Å². The first-order valence-electron chi connectivity index (χ1n) is 18.6. The van der Waals surface area contributed by atoms with Crippen LogP contribution in [0.2, 0.25) is 0 Å². The number of nitrogens with zero attached hydrogens (tertiary/aromatic N) is 2. The van der Waals surface area contributed by atoms with Crippen molar-refractivity contribution in [2.24, 2.45) is 0 Å². The maximum Gasteiger partial charge on any atom is 0.417 e. The molecular formula is C38H66N3O6+. The van der Waals surface area contributed by atoms with Gasteiger partial charge in [0.15, 0.2) is 6.20 Å². The van der Waals surface area contributed by atoms with Crippen LogP contribution in [-0.4, -0.2) is 54.0 Å². The molecule has 2 unspecified atom stereocenters. The molecule has 2 rings (SSSR count). The van der Waals surface area contributed by atoms with Crippen molar-refractivity contribution < 1.29 is 33.2 Å². The first-order chi connectivity index (χ1) is 22.6. The second kappa shape index (κ2) is 22.8. The molecule has 1 aromatic heterocycles. The zero-order valence-corrected chi connectivity index (χ0v) is 30.4. The summed E-state index contributed by atoms with van der Waals surface area (Å²) in [6.45, 7) is 11.0. The third-order valence-corrected chi connectivity index (χ3v) is 9.28. The van der Waals surface area contributed by atoms with Gasteiger partial charge in [-0.15, -0.1) is 0 Å². The van der Waals surface area contributed by atoms with Crippen LogP contribution in [0.5, 0.6) is 0 Å². The summed E-state index contributed by atoms with van der Waals surface area (Å²) in [5, 5.41) is 2.86. The van der Waals surface area contributed by atoms with E-state index in [1.54, 1.807) is 0 Å². The SMILES string of the molecule is CCCCCCCCCCCCCCCCCCNC(=O)OCC1(C)CCC(C)(COC(=O)N(Cc2cccc[n+]2CC)C(C)=O)O1. The fourth-order valence-corrected chi connectivity index (χ4v) is 6.28. The highest BCUT2D eigenvalue weighted by Crippen LogP contribution is 2.38. The van der Waals surface area contributed by atoms with Gasteiger partial charge in [0.05, 0.1) is 0 Å². The van der Waals surface area contributed by atoms with Gasteiger partial charge in [-0.1, -0.05) is 109 Å². The van der Waals surface area contributed by atoms with E-state index in [0.717, 1.165) is 30.0 Å². The Morgan fingerprint density at radius 1 is 0.787 bits per heavy atom. The molecule has 0 aromatic carbocycles. The summed E-state index contributed by atoms with van der Waals surface area (Å²) >= 11 is 0. The second-order valence-electron chi connectivity index (χ2n) is 13.9. The van der Waals surface area contributed by atoms with Crippen molar-refractivity contribution in [2.45, 2.75) is 174 Å². The molecule has 1 N–H and O–H groups in total. The summed E-state index contributed by atoms with van der Waals surface area (Å²) in [6, 6.07) is 5.67. The minimum atomic E-state index is -0.740. The molecule has 2 atom stereocenters. The van der Waals surface area contributed by atoms with E-state index >= 15 is 0 Å². The largest absolute Gasteiger partial charge is 0.447 e. The lowest BCUT2D eigenvalue weighted by Gasteiger charge is -2.30. The van der Waals surface area contributed by atoms with Crippen molar-refractivity contribution in [1.29, 1.82) is 0 Å². The number of nitrogens with one attached hydrogen (secondary N) is 1. The Labute approximate surface area is 285 Å². The van der Waals surface area contributed by atoms with Gasteiger partial charge in [-0.3, -0.25) is 4.79 Å². The summed E-state index contributed by atoms with van der Waals surface area (Å²) in [4.78, 5) is 38.6. The van der Waals surface area contributed by atoms with Gasteiger partial charge in [0.25, 0.3) is 0 Å². The molecule has 0 saturated carbocycles. The van der Waals surface area contributed by atoms with Crippen LogP contribution in [0.3, 0.4) is 0 Å². The zero-order chi connectivity index (χ0) is 34.4. The van der Waals surface area contributed by atoms with E-state index in [2.05, 4.69) is 12.2 Å². The lowest BCUT2D eigenvalue weighted by atomic mass is 9.99. The van der Waals surface area contributed by atoms with E-state index in [9.17, 15) is 14.4 Å². The number of amides is 3. The number of hydrogen-bond donors (Lipinski definition) is 1. The van der Waals surface area contributed by atoms with E-state index < -0.39 is 23.4 Å². The third kappa shape index (κ3) is 16.8. The molecule has 1 aliphatic rings. The molecule has 0 radical (unpaired) electrons. The number of pyridine rings is 1. The summed E-state index contributed by atoms with van der Waals surface area (Å²) < 4.78 is 19.3. The first-order valence-corrected chi connectivity index (χ1v) is 18.6. The smallest absolute Gasteiger partial charge is 0.417 e. The maximum absolute atomic E-state index is 12.9. The first kappa shape index (κ1) is 40.5. The van der Waals surface area contributed by atoms with Crippen molar-refractivity contribution in [3.05, 3.63) is 30.1 Å². The quantitative estimate of drug-likeness (QED) is 0.0879. The monoisotopic (exact) mass is 660 g/mol. The highest BCUT2D eigenvalue weighted by molar-refractivity contribution is 5.90.